The van der Waals surface area contributed by atoms with Gasteiger partial charge >= 0.3 is 0 Å². The molecule has 2 aliphatic rings. The number of carbonyl (C=O) groups excluding carboxylic acids is 1. The molecule has 0 bridgehead atoms. The summed E-state index contributed by atoms with van der Waals surface area (Å²) in [5.74, 6) is -0.249. The second-order valence-corrected chi connectivity index (χ2v) is 8.71. The maximum absolute atomic E-state index is 13.1. The van der Waals surface area contributed by atoms with E-state index in [-0.39, 0.29) is 28.9 Å². The van der Waals surface area contributed by atoms with Crippen LogP contribution in [0.3, 0.4) is 0 Å². The lowest BCUT2D eigenvalue weighted by Gasteiger charge is -2.32. The average molecular weight is 414 g/mol. The molecule has 1 aromatic rings. The first-order chi connectivity index (χ1) is 14.3. The zero-order valence-electron chi connectivity index (χ0n) is 18.5. The Morgan fingerprint density at radius 1 is 1.00 bits per heavy atom. The molecule has 1 amide bonds. The number of nitrogens with zero attached hydrogens (tertiary/aromatic N) is 3. The van der Waals surface area contributed by atoms with E-state index in [1.165, 1.54) is 11.6 Å². The molecule has 1 saturated heterocycles. The number of benzene rings is 1. The standard InChI is InChI=1S/C24H35N3O3/c1-18(2)20-15-21(23(29)16-22(20)28)24(30)27-9-5-4-7-19(8-6-10-27)17-26-13-11-25(3)12-14-26/h4,7-8,15-16,18,28-29H,5-6,9-14,17H2,1-3H3. The number of hydrogen-bond donors (Lipinski definition) is 2. The Balaban J connectivity index is 1.68. The lowest BCUT2D eigenvalue weighted by atomic mass is 9.98. The van der Waals surface area contributed by atoms with E-state index >= 15 is 0 Å². The van der Waals surface area contributed by atoms with Crippen LogP contribution in [0.1, 0.15) is 48.5 Å². The Labute approximate surface area is 180 Å². The molecule has 3 rings (SSSR count). The molecule has 0 aromatic heterocycles. The van der Waals surface area contributed by atoms with Gasteiger partial charge in [-0.25, -0.2) is 0 Å². The zero-order chi connectivity index (χ0) is 21.7. The fourth-order valence-electron chi connectivity index (χ4n) is 4.03. The summed E-state index contributed by atoms with van der Waals surface area (Å²) < 4.78 is 0. The SMILES string of the molecule is CC(C)c1cc(C(=O)N2CCC=CC(CN3CCN(C)CC3)=CCC2)c(O)cc1O. The molecule has 1 fully saturated rings. The van der Waals surface area contributed by atoms with E-state index in [0.29, 0.717) is 18.7 Å². The molecule has 0 radical (unpaired) electrons. The first-order valence-electron chi connectivity index (χ1n) is 11.0. The fourth-order valence-corrected chi connectivity index (χ4v) is 4.03. The van der Waals surface area contributed by atoms with Crippen molar-refractivity contribution in [3.05, 3.63) is 47.1 Å². The summed E-state index contributed by atoms with van der Waals surface area (Å²) in [4.78, 5) is 19.8. The highest BCUT2D eigenvalue weighted by molar-refractivity contribution is 5.97. The molecule has 2 N–H and O–H groups in total. The van der Waals surface area contributed by atoms with Gasteiger partial charge in [-0.05, 0) is 43.0 Å². The summed E-state index contributed by atoms with van der Waals surface area (Å²) in [6.07, 6.45) is 8.14. The first kappa shape index (κ1) is 22.4. The lowest BCUT2D eigenvalue weighted by Crippen LogP contribution is -2.44. The van der Waals surface area contributed by atoms with Crippen molar-refractivity contribution < 1.29 is 15.0 Å². The predicted molar refractivity (Wildman–Crippen MR) is 120 cm³/mol. The third kappa shape index (κ3) is 5.64. The van der Waals surface area contributed by atoms with Crippen LogP contribution in [0.15, 0.2) is 35.9 Å². The minimum absolute atomic E-state index is 0.0305. The highest BCUT2D eigenvalue weighted by atomic mass is 16.3. The van der Waals surface area contributed by atoms with Gasteiger partial charge in [0.25, 0.3) is 5.91 Å². The van der Waals surface area contributed by atoms with Crippen molar-refractivity contribution in [2.75, 3.05) is 52.9 Å². The maximum Gasteiger partial charge on any atom is 0.257 e. The second kappa shape index (κ2) is 10.1. The van der Waals surface area contributed by atoms with Crippen LogP contribution in [0.4, 0.5) is 0 Å². The van der Waals surface area contributed by atoms with Crippen LogP contribution >= 0.6 is 0 Å². The molecular weight excluding hydrogens is 378 g/mol. The van der Waals surface area contributed by atoms with Gasteiger partial charge in [-0.15, -0.1) is 0 Å². The molecule has 0 aliphatic carbocycles. The van der Waals surface area contributed by atoms with Crippen LogP contribution < -0.4 is 0 Å². The molecule has 30 heavy (non-hydrogen) atoms. The Morgan fingerprint density at radius 3 is 2.40 bits per heavy atom. The molecule has 1 aromatic carbocycles. The van der Waals surface area contributed by atoms with E-state index in [2.05, 4.69) is 35.1 Å². The van der Waals surface area contributed by atoms with Gasteiger partial charge in [0.05, 0.1) is 5.56 Å². The summed E-state index contributed by atoms with van der Waals surface area (Å²) in [6, 6.07) is 2.92. The van der Waals surface area contributed by atoms with Gasteiger partial charge in [0.2, 0.25) is 0 Å². The van der Waals surface area contributed by atoms with Gasteiger partial charge in [-0.3, -0.25) is 9.69 Å². The Morgan fingerprint density at radius 2 is 1.70 bits per heavy atom. The van der Waals surface area contributed by atoms with E-state index in [9.17, 15) is 15.0 Å². The van der Waals surface area contributed by atoms with Crippen molar-refractivity contribution in [3.63, 3.8) is 0 Å². The second-order valence-electron chi connectivity index (χ2n) is 8.71. The summed E-state index contributed by atoms with van der Waals surface area (Å²) in [5.41, 5.74) is 2.25. The summed E-state index contributed by atoms with van der Waals surface area (Å²) in [5, 5.41) is 20.3. The monoisotopic (exact) mass is 413 g/mol. The topological polar surface area (TPSA) is 67.3 Å². The van der Waals surface area contributed by atoms with E-state index < -0.39 is 0 Å². The molecule has 0 atom stereocenters. The molecule has 2 heterocycles. The number of phenolic OH excluding ortho intramolecular Hbond substituents is 2. The number of phenols is 2. The number of likely N-dealkylation sites (N-methyl/N-ethyl adjacent to an activating group) is 1. The highest BCUT2D eigenvalue weighted by Gasteiger charge is 2.22. The fraction of sp³-hybridized carbons (Fsp3) is 0.542. The van der Waals surface area contributed by atoms with E-state index in [1.807, 2.05) is 13.8 Å². The van der Waals surface area contributed by atoms with Crippen LogP contribution in [-0.4, -0.2) is 83.7 Å². The van der Waals surface area contributed by atoms with Gasteiger partial charge in [0.15, 0.2) is 0 Å². The van der Waals surface area contributed by atoms with Gasteiger partial charge < -0.3 is 20.0 Å². The number of piperazine rings is 1. The average Bonchev–Trinajstić information content (AvgIpc) is 2.81. The summed E-state index contributed by atoms with van der Waals surface area (Å²) >= 11 is 0. The molecule has 0 unspecified atom stereocenters. The smallest absolute Gasteiger partial charge is 0.257 e. The van der Waals surface area contributed by atoms with Crippen molar-refractivity contribution in [2.24, 2.45) is 0 Å². The van der Waals surface area contributed by atoms with Gasteiger partial charge in [0.1, 0.15) is 11.5 Å². The van der Waals surface area contributed by atoms with E-state index in [1.54, 1.807) is 11.0 Å². The van der Waals surface area contributed by atoms with Crippen molar-refractivity contribution in [2.45, 2.75) is 32.6 Å². The quantitative estimate of drug-likeness (QED) is 0.794. The van der Waals surface area contributed by atoms with Crippen LogP contribution in [0.2, 0.25) is 0 Å². The van der Waals surface area contributed by atoms with Crippen molar-refractivity contribution >= 4 is 5.91 Å². The van der Waals surface area contributed by atoms with Crippen molar-refractivity contribution in [1.82, 2.24) is 14.7 Å². The Kier molecular flexibility index (Phi) is 7.56. The van der Waals surface area contributed by atoms with E-state index in [0.717, 1.165) is 45.6 Å². The van der Waals surface area contributed by atoms with Crippen LogP contribution in [0.5, 0.6) is 11.5 Å². The number of aromatic hydroxyl groups is 2. The first-order valence-corrected chi connectivity index (χ1v) is 11.0. The molecule has 2 aliphatic heterocycles. The van der Waals surface area contributed by atoms with Gasteiger partial charge in [-0.2, -0.15) is 0 Å². The number of rotatable bonds is 4. The predicted octanol–water partition coefficient (Wildman–Crippen LogP) is 3.19. The third-order valence-corrected chi connectivity index (χ3v) is 5.99. The van der Waals surface area contributed by atoms with Crippen molar-refractivity contribution in [1.29, 1.82) is 0 Å². The van der Waals surface area contributed by atoms with E-state index in [4.69, 9.17) is 0 Å². The summed E-state index contributed by atoms with van der Waals surface area (Å²) in [7, 11) is 2.16. The molecular formula is C24H35N3O3. The number of carbonyl (C=O) groups is 1. The van der Waals surface area contributed by atoms with Crippen LogP contribution in [0.25, 0.3) is 0 Å². The Bertz CT molecular complexity index is 808. The molecule has 0 spiro atoms. The van der Waals surface area contributed by atoms with Gasteiger partial charge in [0, 0.05) is 51.9 Å². The number of hydrogen-bond acceptors (Lipinski definition) is 5. The lowest BCUT2D eigenvalue weighted by molar-refractivity contribution is 0.0758. The molecule has 0 saturated carbocycles. The number of amides is 1. The minimum Gasteiger partial charge on any atom is -0.508 e. The highest BCUT2D eigenvalue weighted by Crippen LogP contribution is 2.33. The molecule has 6 nitrogen and oxygen atoms in total. The third-order valence-electron chi connectivity index (χ3n) is 5.99. The van der Waals surface area contributed by atoms with Crippen LogP contribution in [-0.2, 0) is 0 Å². The largest absolute Gasteiger partial charge is 0.508 e. The molecule has 6 heteroatoms. The summed E-state index contributed by atoms with van der Waals surface area (Å²) in [6.45, 7) is 10.5. The molecule has 164 valence electrons. The zero-order valence-corrected chi connectivity index (χ0v) is 18.5. The van der Waals surface area contributed by atoms with Crippen LogP contribution in [0, 0.1) is 0 Å². The normalized spacial score (nSPS) is 19.3. The Hall–Kier alpha value is -2.31. The minimum atomic E-state index is -0.182. The maximum atomic E-state index is 13.1. The van der Waals surface area contributed by atoms with Crippen molar-refractivity contribution in [3.8, 4) is 11.5 Å². The van der Waals surface area contributed by atoms with Gasteiger partial charge in [-0.1, -0.05) is 32.1 Å².